The first-order valence-corrected chi connectivity index (χ1v) is 10.3. The lowest BCUT2D eigenvalue weighted by atomic mass is 10.0. The van der Waals surface area contributed by atoms with Crippen LogP contribution in [0.5, 0.6) is 0 Å². The van der Waals surface area contributed by atoms with Gasteiger partial charge in [0.25, 0.3) is 5.91 Å². The minimum Gasteiger partial charge on any atom is -0.328 e. The quantitative estimate of drug-likeness (QED) is 0.708. The molecule has 3 N–H and O–H groups in total. The number of benzene rings is 3. The van der Waals surface area contributed by atoms with Crippen molar-refractivity contribution in [2.75, 3.05) is 18.4 Å². The topological polar surface area (TPSA) is 58.4 Å². The monoisotopic (exact) mass is 383 g/mol. The molecule has 0 radical (unpaired) electrons. The second kappa shape index (κ2) is 7.47. The zero-order chi connectivity index (χ0) is 19.8. The molecular formula is C25H25N3O. The van der Waals surface area contributed by atoms with Crippen LogP contribution in [0, 0.1) is 0 Å². The molecule has 0 saturated carbocycles. The number of nitrogens with one attached hydrogen (secondary N) is 1. The van der Waals surface area contributed by atoms with E-state index in [1.165, 1.54) is 10.9 Å². The van der Waals surface area contributed by atoms with Gasteiger partial charge in [0.05, 0.1) is 0 Å². The zero-order valence-electron chi connectivity index (χ0n) is 16.4. The van der Waals surface area contributed by atoms with Crippen LogP contribution in [0.3, 0.4) is 0 Å². The zero-order valence-corrected chi connectivity index (χ0v) is 16.4. The summed E-state index contributed by atoms with van der Waals surface area (Å²) in [7, 11) is 0. The van der Waals surface area contributed by atoms with Gasteiger partial charge in [0.15, 0.2) is 0 Å². The van der Waals surface area contributed by atoms with Gasteiger partial charge in [-0.25, -0.2) is 0 Å². The molecule has 29 heavy (non-hydrogen) atoms. The Kier molecular flexibility index (Phi) is 4.66. The van der Waals surface area contributed by atoms with E-state index in [0.29, 0.717) is 6.04 Å². The molecule has 1 amide bonds. The molecule has 0 spiro atoms. The summed E-state index contributed by atoms with van der Waals surface area (Å²) in [5, 5.41) is 5.39. The van der Waals surface area contributed by atoms with E-state index in [9.17, 15) is 4.79 Å². The van der Waals surface area contributed by atoms with E-state index < -0.39 is 0 Å². The van der Waals surface area contributed by atoms with E-state index in [0.717, 1.165) is 60.2 Å². The van der Waals surface area contributed by atoms with Crippen LogP contribution in [-0.4, -0.2) is 29.9 Å². The molecule has 1 aliphatic carbocycles. The van der Waals surface area contributed by atoms with E-state index in [2.05, 4.69) is 40.5 Å². The summed E-state index contributed by atoms with van der Waals surface area (Å²) in [6.07, 6.45) is 4.12. The van der Waals surface area contributed by atoms with E-state index >= 15 is 0 Å². The van der Waals surface area contributed by atoms with Crippen molar-refractivity contribution in [2.24, 2.45) is 5.73 Å². The molecule has 146 valence electrons. The van der Waals surface area contributed by atoms with Crippen molar-refractivity contribution in [1.82, 2.24) is 4.90 Å². The van der Waals surface area contributed by atoms with Crippen molar-refractivity contribution >= 4 is 34.0 Å². The van der Waals surface area contributed by atoms with Crippen LogP contribution < -0.4 is 11.1 Å². The third kappa shape index (κ3) is 3.57. The molecule has 3 aromatic carbocycles. The third-order valence-electron chi connectivity index (χ3n) is 6.02. The van der Waals surface area contributed by atoms with Crippen molar-refractivity contribution in [3.8, 4) is 0 Å². The number of rotatable bonds is 4. The molecule has 0 atom stereocenters. The first kappa shape index (κ1) is 18.1. The number of nitrogens with two attached hydrogens (primary N) is 1. The number of nitrogens with zero attached hydrogens (tertiary/aromatic N) is 1. The van der Waals surface area contributed by atoms with Crippen LogP contribution >= 0.6 is 0 Å². The van der Waals surface area contributed by atoms with Gasteiger partial charge >= 0.3 is 0 Å². The van der Waals surface area contributed by atoms with Crippen molar-refractivity contribution in [2.45, 2.75) is 25.4 Å². The van der Waals surface area contributed by atoms with Crippen LogP contribution in [0.25, 0.3) is 22.4 Å². The van der Waals surface area contributed by atoms with Gasteiger partial charge in [-0.3, -0.25) is 9.69 Å². The number of piperidine rings is 1. The number of likely N-dealkylation sites (tertiary alicyclic amines) is 1. The molecule has 1 aliphatic heterocycles. The van der Waals surface area contributed by atoms with Gasteiger partial charge in [0.2, 0.25) is 0 Å². The maximum Gasteiger partial charge on any atom is 0.256 e. The third-order valence-corrected chi connectivity index (χ3v) is 6.02. The molecule has 4 heteroatoms. The minimum absolute atomic E-state index is 0.0635. The molecular weight excluding hydrogens is 358 g/mol. The first-order valence-electron chi connectivity index (χ1n) is 10.3. The highest BCUT2D eigenvalue weighted by atomic mass is 16.1. The summed E-state index contributed by atoms with van der Waals surface area (Å²) in [5.41, 5.74) is 10.9. The largest absolute Gasteiger partial charge is 0.328 e. The van der Waals surface area contributed by atoms with E-state index in [-0.39, 0.29) is 5.91 Å². The summed E-state index contributed by atoms with van der Waals surface area (Å²) >= 11 is 0. The van der Waals surface area contributed by atoms with Gasteiger partial charge in [-0.05, 0) is 71.6 Å². The molecule has 1 fully saturated rings. The van der Waals surface area contributed by atoms with Crippen molar-refractivity contribution in [3.63, 3.8) is 0 Å². The molecule has 3 aromatic rings. The van der Waals surface area contributed by atoms with Gasteiger partial charge in [-0.15, -0.1) is 0 Å². The Labute approximate surface area is 171 Å². The predicted octanol–water partition coefficient (Wildman–Crippen LogP) is 4.26. The molecule has 5 rings (SSSR count). The Balaban J connectivity index is 1.28. The summed E-state index contributed by atoms with van der Waals surface area (Å²) < 4.78 is 0. The molecule has 0 bridgehead atoms. The fourth-order valence-electron chi connectivity index (χ4n) is 4.40. The lowest BCUT2D eigenvalue weighted by Gasteiger charge is -2.30. The normalized spacial score (nSPS) is 16.8. The summed E-state index contributed by atoms with van der Waals surface area (Å²) in [6, 6.07) is 20.8. The van der Waals surface area contributed by atoms with Crippen LogP contribution in [0.15, 0.2) is 60.7 Å². The molecule has 0 unspecified atom stereocenters. The average molecular weight is 383 g/mol. The summed E-state index contributed by atoms with van der Waals surface area (Å²) in [4.78, 5) is 15.4. The summed E-state index contributed by atoms with van der Waals surface area (Å²) in [6.45, 7) is 3.04. The minimum atomic E-state index is -0.0635. The Morgan fingerprint density at radius 3 is 2.48 bits per heavy atom. The molecule has 1 saturated heterocycles. The van der Waals surface area contributed by atoms with Crippen molar-refractivity contribution < 1.29 is 4.79 Å². The maximum absolute atomic E-state index is 13.0. The molecule has 4 nitrogen and oxygen atoms in total. The fourth-order valence-corrected chi connectivity index (χ4v) is 4.40. The highest BCUT2D eigenvalue weighted by molar-refractivity contribution is 6.34. The predicted molar refractivity (Wildman–Crippen MR) is 119 cm³/mol. The number of anilines is 1. The van der Waals surface area contributed by atoms with Gasteiger partial charge in [0, 0.05) is 23.8 Å². The van der Waals surface area contributed by atoms with Crippen molar-refractivity contribution in [3.05, 3.63) is 77.4 Å². The van der Waals surface area contributed by atoms with Crippen molar-refractivity contribution in [1.29, 1.82) is 0 Å². The number of amides is 1. The number of hydrogen-bond donors (Lipinski definition) is 2. The fraction of sp³-hybridized carbons (Fsp3) is 0.240. The SMILES string of the molecule is NC1CCN(Cc2ccc(NC(=O)C3=Cc4cccc5cccc3c45)cc2)CC1. The highest BCUT2D eigenvalue weighted by Crippen LogP contribution is 2.36. The van der Waals surface area contributed by atoms with E-state index in [4.69, 9.17) is 5.73 Å². The Morgan fingerprint density at radius 2 is 1.72 bits per heavy atom. The van der Waals surface area contributed by atoms with E-state index in [1.54, 1.807) is 0 Å². The van der Waals surface area contributed by atoms with E-state index in [1.807, 2.05) is 36.4 Å². The standard InChI is InChI=1S/C25H25N3O/c26-20-11-13-28(14-12-20)16-17-7-9-21(10-8-17)27-25(29)23-15-19-5-1-3-18-4-2-6-22(23)24(18)19/h1-10,15,20H,11-14,16,26H2,(H,27,29). The Bertz CT molecular complexity index is 1090. The molecule has 0 aromatic heterocycles. The van der Waals surface area contributed by atoms with Gasteiger partial charge in [-0.2, -0.15) is 0 Å². The van der Waals surface area contributed by atoms with Gasteiger partial charge in [-0.1, -0.05) is 48.5 Å². The second-order valence-electron chi connectivity index (χ2n) is 8.07. The van der Waals surface area contributed by atoms with Gasteiger partial charge in [0.1, 0.15) is 0 Å². The van der Waals surface area contributed by atoms with Crippen LogP contribution in [-0.2, 0) is 11.3 Å². The number of carbonyl (C=O) groups is 1. The first-order chi connectivity index (χ1) is 14.2. The molecule has 2 aliphatic rings. The number of carbonyl (C=O) groups excluding carboxylic acids is 1. The lowest BCUT2D eigenvalue weighted by molar-refractivity contribution is -0.111. The van der Waals surface area contributed by atoms with Crippen LogP contribution in [0.1, 0.15) is 29.5 Å². The van der Waals surface area contributed by atoms with Gasteiger partial charge < -0.3 is 11.1 Å². The highest BCUT2D eigenvalue weighted by Gasteiger charge is 2.21. The Morgan fingerprint density at radius 1 is 1.00 bits per heavy atom. The molecule has 1 heterocycles. The number of hydrogen-bond acceptors (Lipinski definition) is 3. The lowest BCUT2D eigenvalue weighted by Crippen LogP contribution is -2.39. The Hall–Kier alpha value is -2.95. The van der Waals surface area contributed by atoms with Crippen LogP contribution in [0.2, 0.25) is 0 Å². The smallest absolute Gasteiger partial charge is 0.256 e. The maximum atomic E-state index is 13.0. The van der Waals surface area contributed by atoms with Crippen LogP contribution in [0.4, 0.5) is 5.69 Å². The average Bonchev–Trinajstić information content (AvgIpc) is 3.12. The second-order valence-corrected chi connectivity index (χ2v) is 8.07. The summed E-state index contributed by atoms with van der Waals surface area (Å²) in [5.74, 6) is -0.0635.